The minimum absolute atomic E-state index is 0.0277. The van der Waals surface area contributed by atoms with E-state index in [1.165, 1.54) is 30.4 Å². The number of benzene rings is 4. The van der Waals surface area contributed by atoms with E-state index in [1.54, 1.807) is 95.3 Å². The third kappa shape index (κ3) is 20.7. The van der Waals surface area contributed by atoms with E-state index in [1.807, 2.05) is 42.5 Å². The number of ketones is 1. The molecule has 0 saturated heterocycles. The highest BCUT2D eigenvalue weighted by Crippen LogP contribution is 2.46. The molecule has 0 amide bonds. The molecule has 0 aliphatic rings. The number of ether oxygens (including phenoxy) is 7. The van der Waals surface area contributed by atoms with Crippen LogP contribution < -0.4 is 20.9 Å². The van der Waals surface area contributed by atoms with Crippen molar-refractivity contribution in [2.75, 3.05) is 64.2 Å². The van der Waals surface area contributed by atoms with Gasteiger partial charge < -0.3 is 46.9 Å². The number of hydrogen-bond acceptors (Lipinski definition) is 19. The van der Waals surface area contributed by atoms with E-state index in [2.05, 4.69) is 18.7 Å². The van der Waals surface area contributed by atoms with Crippen molar-refractivity contribution in [2.45, 2.75) is 113 Å². The summed E-state index contributed by atoms with van der Waals surface area (Å²) in [5.41, 5.74) is -3.93. The van der Waals surface area contributed by atoms with E-state index < -0.39 is 69.1 Å². The molecular weight excluding hydrogens is 1140 g/mol. The van der Waals surface area contributed by atoms with Crippen molar-refractivity contribution in [1.82, 2.24) is 0 Å². The van der Waals surface area contributed by atoms with Gasteiger partial charge in [0.25, 0.3) is 0 Å². The van der Waals surface area contributed by atoms with Gasteiger partial charge in [-0.15, -0.1) is 0 Å². The summed E-state index contributed by atoms with van der Waals surface area (Å²) >= 11 is 0. The predicted octanol–water partition coefficient (Wildman–Crippen LogP) is 12.2. The molecule has 0 saturated carbocycles. The normalized spacial score (nSPS) is 12.9. The number of nitrogens with zero attached hydrogens (tertiary/aromatic N) is 1. The van der Waals surface area contributed by atoms with Crippen LogP contribution >= 0.6 is 0 Å². The van der Waals surface area contributed by atoms with Crippen LogP contribution in [0, 0.1) is 16.2 Å². The fraction of sp³-hybridized carbons (Fsp3) is 0.414. The van der Waals surface area contributed by atoms with Crippen molar-refractivity contribution in [3.8, 4) is 5.75 Å². The fourth-order valence-electron chi connectivity index (χ4n) is 10.0. The lowest BCUT2D eigenvalue weighted by Crippen LogP contribution is -2.44. The standard InChI is InChI=1S/C70H81NO18/c1-8-11-34-71(35-12-9-2)53-32-30-51-43-55(63(76)88-57(51)45-53)61(74)56-44-52-31-33-54(46-58(52)89-64(56)77)81-36-22-21-29-60(73)82-37-40-85-65(78)68(4,5)47-70(7,67(80)87-42-39-84-62(75)50-26-17-14-18-27-50)48-69(6,10-3)66(79)86-41-38-83-59(72)28-20-19-25-49-23-15-13-16-24-49/h13-20,23-28,30-33,43-46H,8-12,21-22,29,34-42,47-48H2,1-7H3/b25-19+,28-20+. The van der Waals surface area contributed by atoms with Gasteiger partial charge in [-0.05, 0) is 127 Å². The van der Waals surface area contributed by atoms with Gasteiger partial charge in [0, 0.05) is 54.2 Å². The topological polar surface area (TPSA) is 248 Å². The molecule has 0 bridgehead atoms. The Balaban J connectivity index is 0.959. The number of fused-ring (bicyclic) bond motifs is 2. The molecule has 0 spiro atoms. The zero-order valence-corrected chi connectivity index (χ0v) is 51.9. The van der Waals surface area contributed by atoms with Crippen molar-refractivity contribution in [1.29, 1.82) is 0 Å². The molecule has 19 heteroatoms. The van der Waals surface area contributed by atoms with Crippen molar-refractivity contribution in [3.05, 3.63) is 171 Å². The van der Waals surface area contributed by atoms with Crippen LogP contribution in [0.1, 0.15) is 145 Å². The number of esters is 6. The van der Waals surface area contributed by atoms with Crippen LogP contribution in [0.4, 0.5) is 5.69 Å². The lowest BCUT2D eigenvalue weighted by atomic mass is 9.65. The molecule has 0 fully saturated rings. The number of carbonyl (C=O) groups excluding carboxylic acids is 7. The van der Waals surface area contributed by atoms with Gasteiger partial charge in [-0.1, -0.05) is 100 Å². The number of rotatable bonds is 36. The van der Waals surface area contributed by atoms with Crippen LogP contribution in [0.15, 0.2) is 146 Å². The maximum absolute atomic E-state index is 14.1. The second-order valence-electron chi connectivity index (χ2n) is 22.8. The summed E-state index contributed by atoms with van der Waals surface area (Å²) in [5, 5.41) is 0.959. The molecule has 89 heavy (non-hydrogen) atoms. The molecule has 0 radical (unpaired) electrons. The smallest absolute Gasteiger partial charge is 0.347 e. The summed E-state index contributed by atoms with van der Waals surface area (Å²) in [7, 11) is 0. The molecule has 2 aromatic heterocycles. The monoisotopic (exact) mass is 1220 g/mol. The summed E-state index contributed by atoms with van der Waals surface area (Å²) < 4.78 is 49.7. The van der Waals surface area contributed by atoms with Crippen LogP contribution in [0.5, 0.6) is 5.75 Å². The van der Waals surface area contributed by atoms with Crippen LogP contribution in [-0.4, -0.2) is 101 Å². The maximum atomic E-state index is 14.1. The molecule has 0 aliphatic carbocycles. The summed E-state index contributed by atoms with van der Waals surface area (Å²) in [5.74, 6) is -4.41. The molecule has 0 N–H and O–H groups in total. The number of allylic oxidation sites excluding steroid dienone is 2. The highest BCUT2D eigenvalue weighted by Gasteiger charge is 2.50. The molecular formula is C70H81NO18. The summed E-state index contributed by atoms with van der Waals surface area (Å²) in [6, 6.07) is 30.9. The lowest BCUT2D eigenvalue weighted by Gasteiger charge is -2.39. The Labute approximate surface area is 518 Å². The lowest BCUT2D eigenvalue weighted by molar-refractivity contribution is -0.171. The van der Waals surface area contributed by atoms with Gasteiger partial charge in [0.2, 0.25) is 5.78 Å². The third-order valence-electron chi connectivity index (χ3n) is 15.0. The second-order valence-corrected chi connectivity index (χ2v) is 22.8. The Morgan fingerprint density at radius 3 is 1.70 bits per heavy atom. The van der Waals surface area contributed by atoms with Crippen molar-refractivity contribution in [2.24, 2.45) is 16.2 Å². The van der Waals surface area contributed by atoms with Crippen molar-refractivity contribution in [3.63, 3.8) is 0 Å². The maximum Gasteiger partial charge on any atom is 0.347 e. The molecule has 6 aromatic rings. The van der Waals surface area contributed by atoms with E-state index in [9.17, 15) is 43.2 Å². The average molecular weight is 1220 g/mol. The first kappa shape index (κ1) is 69.0. The fourth-order valence-corrected chi connectivity index (χ4v) is 10.0. The Morgan fingerprint density at radius 1 is 0.528 bits per heavy atom. The summed E-state index contributed by atoms with van der Waals surface area (Å²) in [6.45, 7) is 12.7. The highest BCUT2D eigenvalue weighted by atomic mass is 16.6. The molecule has 474 valence electrons. The van der Waals surface area contributed by atoms with Gasteiger partial charge in [0.05, 0.1) is 28.4 Å². The van der Waals surface area contributed by atoms with Crippen LogP contribution in [0.25, 0.3) is 28.0 Å². The molecule has 19 nitrogen and oxygen atoms in total. The largest absolute Gasteiger partial charge is 0.493 e. The van der Waals surface area contributed by atoms with Gasteiger partial charge >= 0.3 is 47.1 Å². The van der Waals surface area contributed by atoms with Gasteiger partial charge in [0.1, 0.15) is 67.7 Å². The molecule has 2 heterocycles. The van der Waals surface area contributed by atoms with Gasteiger partial charge in [-0.3, -0.25) is 24.0 Å². The minimum Gasteiger partial charge on any atom is -0.493 e. The molecule has 0 aliphatic heterocycles. The zero-order valence-electron chi connectivity index (χ0n) is 51.9. The van der Waals surface area contributed by atoms with E-state index in [0.29, 0.717) is 40.5 Å². The minimum atomic E-state index is -1.52. The Bertz CT molecular complexity index is 3560. The second kappa shape index (κ2) is 33.8. The van der Waals surface area contributed by atoms with Gasteiger partial charge in [0.15, 0.2) is 0 Å². The van der Waals surface area contributed by atoms with Crippen molar-refractivity contribution < 1.29 is 75.6 Å². The molecule has 6 rings (SSSR count). The number of hydrogen-bond donors (Lipinski definition) is 0. The summed E-state index contributed by atoms with van der Waals surface area (Å²) in [4.78, 5) is 121. The van der Waals surface area contributed by atoms with E-state index in [-0.39, 0.29) is 88.6 Å². The summed E-state index contributed by atoms with van der Waals surface area (Å²) in [6.07, 6.45) is 11.1. The SMILES string of the molecule is CCCCN(CCCC)c1ccc2cc(C(=O)c3cc4ccc(OCCCCC(=O)OCCOC(=O)C(C)(C)CC(C)(CC(C)(CC)C(=O)OCCOC(=O)/C=C/C=C/c5ccccc5)C(=O)OCCOC(=O)c5ccccc5)cc4oc3=O)c(=O)oc2c1. The van der Waals surface area contributed by atoms with Crippen LogP contribution in [0.2, 0.25) is 0 Å². The number of unbranched alkanes of at least 4 members (excludes halogenated alkanes) is 3. The first-order valence-corrected chi connectivity index (χ1v) is 30.2. The van der Waals surface area contributed by atoms with Gasteiger partial charge in [-0.25, -0.2) is 19.2 Å². The van der Waals surface area contributed by atoms with Crippen molar-refractivity contribution >= 4 is 75.3 Å². The Kier molecular flexibility index (Phi) is 26.2. The van der Waals surface area contributed by atoms with Crippen LogP contribution in [0.3, 0.4) is 0 Å². The first-order valence-electron chi connectivity index (χ1n) is 30.2. The average Bonchev–Trinajstić information content (AvgIpc) is 1.82. The number of anilines is 1. The van der Waals surface area contributed by atoms with E-state index >= 15 is 0 Å². The van der Waals surface area contributed by atoms with E-state index in [0.717, 1.165) is 50.0 Å². The molecule has 2 unspecified atom stereocenters. The third-order valence-corrected chi connectivity index (χ3v) is 15.0. The molecule has 2 atom stereocenters. The predicted molar refractivity (Wildman–Crippen MR) is 335 cm³/mol. The Morgan fingerprint density at radius 2 is 1.08 bits per heavy atom. The van der Waals surface area contributed by atoms with E-state index in [4.69, 9.17) is 42.0 Å². The molecule has 4 aromatic carbocycles. The Hall–Kier alpha value is -9.13. The quantitative estimate of drug-likeness (QED) is 0.00674. The zero-order chi connectivity index (χ0) is 64.4. The number of carbonyl (C=O) groups is 7. The van der Waals surface area contributed by atoms with Crippen LogP contribution in [-0.2, 0) is 52.4 Å². The van der Waals surface area contributed by atoms with Gasteiger partial charge in [-0.2, -0.15) is 0 Å². The first-order chi connectivity index (χ1) is 42.7. The highest BCUT2D eigenvalue weighted by molar-refractivity contribution is 6.10.